The summed E-state index contributed by atoms with van der Waals surface area (Å²) in [5.74, 6) is -1.30. The number of pyridine rings is 2. The van der Waals surface area contributed by atoms with Crippen molar-refractivity contribution in [1.29, 1.82) is 0 Å². The van der Waals surface area contributed by atoms with Gasteiger partial charge in [-0.25, -0.2) is 14.8 Å². The predicted molar refractivity (Wildman–Crippen MR) is 88.8 cm³/mol. The van der Waals surface area contributed by atoms with Gasteiger partial charge < -0.3 is 9.84 Å². The zero-order valence-electron chi connectivity index (χ0n) is 14.2. The summed E-state index contributed by atoms with van der Waals surface area (Å²) in [6, 6.07) is 4.64. The van der Waals surface area contributed by atoms with Gasteiger partial charge >= 0.3 is 12.1 Å². The van der Waals surface area contributed by atoms with Crippen LogP contribution in [0.2, 0.25) is 0 Å². The molecular weight excluding hydrogens is 365 g/mol. The number of carboxylic acid groups (broad SMARTS) is 1. The fourth-order valence-electron chi connectivity index (χ4n) is 2.75. The van der Waals surface area contributed by atoms with Crippen molar-refractivity contribution in [3.8, 4) is 5.88 Å². The molecule has 10 heteroatoms. The maximum Gasteiger partial charge on any atom is 0.422 e. The Morgan fingerprint density at radius 2 is 2.00 bits per heavy atom. The van der Waals surface area contributed by atoms with Crippen molar-refractivity contribution in [1.82, 2.24) is 19.7 Å². The summed E-state index contributed by atoms with van der Waals surface area (Å²) in [5.41, 5.74) is 1.70. The lowest BCUT2D eigenvalue weighted by molar-refractivity contribution is -0.154. The number of carbonyl (C=O) groups is 1. The Balaban J connectivity index is 1.93. The average molecular weight is 380 g/mol. The molecule has 0 bridgehead atoms. The van der Waals surface area contributed by atoms with Crippen LogP contribution >= 0.6 is 0 Å². The second-order valence-electron chi connectivity index (χ2n) is 5.72. The van der Waals surface area contributed by atoms with Crippen molar-refractivity contribution in [3.05, 3.63) is 47.5 Å². The standard InChI is InChI=1S/C17H15F3N4O3/c1-2-12-14-11(4-6-22-15(14)16(25)26)23-24(12)8-10-3-5-21-13(7-10)27-9-17(18,19)20/h3-7H,2,8-9H2,1H3,(H,25,26). The number of nitrogens with zero attached hydrogens (tertiary/aromatic N) is 4. The summed E-state index contributed by atoms with van der Waals surface area (Å²) in [7, 11) is 0. The number of rotatable bonds is 6. The van der Waals surface area contributed by atoms with E-state index in [1.807, 2.05) is 6.92 Å². The van der Waals surface area contributed by atoms with Gasteiger partial charge in [-0.05, 0) is 24.1 Å². The molecule has 7 nitrogen and oxygen atoms in total. The molecule has 0 unspecified atom stereocenters. The molecule has 0 aliphatic rings. The number of ether oxygens (including phenoxy) is 1. The van der Waals surface area contributed by atoms with Crippen LogP contribution in [0.4, 0.5) is 13.2 Å². The maximum absolute atomic E-state index is 12.3. The van der Waals surface area contributed by atoms with E-state index in [-0.39, 0.29) is 18.1 Å². The van der Waals surface area contributed by atoms with Crippen LogP contribution in [0.25, 0.3) is 10.9 Å². The van der Waals surface area contributed by atoms with Crippen LogP contribution in [0.5, 0.6) is 5.88 Å². The number of fused-ring (bicyclic) bond motifs is 1. The fraction of sp³-hybridized carbons (Fsp3) is 0.294. The highest BCUT2D eigenvalue weighted by atomic mass is 19.4. The molecule has 0 atom stereocenters. The van der Waals surface area contributed by atoms with Gasteiger partial charge in [0.1, 0.15) is 0 Å². The van der Waals surface area contributed by atoms with Crippen LogP contribution in [-0.2, 0) is 13.0 Å². The molecular formula is C17H15F3N4O3. The van der Waals surface area contributed by atoms with Gasteiger partial charge in [-0.2, -0.15) is 18.3 Å². The Morgan fingerprint density at radius 1 is 1.26 bits per heavy atom. The van der Waals surface area contributed by atoms with Crippen LogP contribution in [0, 0.1) is 0 Å². The molecule has 0 aromatic carbocycles. The van der Waals surface area contributed by atoms with Gasteiger partial charge in [0.05, 0.1) is 17.4 Å². The third kappa shape index (κ3) is 4.15. The van der Waals surface area contributed by atoms with Crippen molar-refractivity contribution < 1.29 is 27.8 Å². The van der Waals surface area contributed by atoms with Gasteiger partial charge in [0, 0.05) is 24.2 Å². The summed E-state index contributed by atoms with van der Waals surface area (Å²) in [6.45, 7) is 0.654. The summed E-state index contributed by atoms with van der Waals surface area (Å²) < 4.78 is 43.1. The van der Waals surface area contributed by atoms with E-state index in [0.29, 0.717) is 28.6 Å². The quantitative estimate of drug-likeness (QED) is 0.707. The van der Waals surface area contributed by atoms with Crippen LogP contribution in [0.1, 0.15) is 28.7 Å². The van der Waals surface area contributed by atoms with Crippen LogP contribution in [0.3, 0.4) is 0 Å². The second-order valence-corrected chi connectivity index (χ2v) is 5.72. The first kappa shape index (κ1) is 18.6. The van der Waals surface area contributed by atoms with E-state index in [1.54, 1.807) is 16.8 Å². The Labute approximate surface area is 151 Å². The van der Waals surface area contributed by atoms with Crippen molar-refractivity contribution in [2.45, 2.75) is 26.1 Å². The number of hydrogen-bond donors (Lipinski definition) is 1. The Hall–Kier alpha value is -3.17. The molecule has 0 fully saturated rings. The number of aryl methyl sites for hydroxylation is 1. The van der Waals surface area contributed by atoms with Crippen molar-refractivity contribution in [3.63, 3.8) is 0 Å². The highest BCUT2D eigenvalue weighted by Crippen LogP contribution is 2.24. The van der Waals surface area contributed by atoms with E-state index in [0.717, 1.165) is 0 Å². The normalized spacial score (nSPS) is 11.7. The SMILES string of the molecule is CCc1c2c(C(=O)O)nccc2nn1Cc1ccnc(OCC(F)(F)F)c1. The monoisotopic (exact) mass is 380 g/mol. The molecule has 3 aromatic heterocycles. The number of carboxylic acids is 1. The van der Waals surface area contributed by atoms with Gasteiger partial charge in [0.15, 0.2) is 12.3 Å². The fourth-order valence-corrected chi connectivity index (χ4v) is 2.75. The topological polar surface area (TPSA) is 90.1 Å². The first-order valence-corrected chi connectivity index (χ1v) is 8.00. The molecule has 0 spiro atoms. The molecule has 3 heterocycles. The molecule has 3 aromatic rings. The van der Waals surface area contributed by atoms with Crippen molar-refractivity contribution in [2.75, 3.05) is 6.61 Å². The number of aromatic nitrogens is 4. The van der Waals surface area contributed by atoms with E-state index in [2.05, 4.69) is 19.8 Å². The van der Waals surface area contributed by atoms with Gasteiger partial charge in [-0.1, -0.05) is 6.92 Å². The molecule has 27 heavy (non-hydrogen) atoms. The smallest absolute Gasteiger partial charge is 0.422 e. The zero-order valence-corrected chi connectivity index (χ0v) is 14.2. The average Bonchev–Trinajstić information content (AvgIpc) is 2.96. The van der Waals surface area contributed by atoms with Gasteiger partial charge in [0.25, 0.3) is 0 Å². The van der Waals surface area contributed by atoms with Crippen LogP contribution in [0.15, 0.2) is 30.6 Å². The third-order valence-electron chi connectivity index (χ3n) is 3.81. The highest BCUT2D eigenvalue weighted by Gasteiger charge is 2.28. The first-order valence-electron chi connectivity index (χ1n) is 8.00. The minimum atomic E-state index is -4.45. The number of aromatic carboxylic acids is 1. The number of alkyl halides is 3. The summed E-state index contributed by atoms with van der Waals surface area (Å²) in [5, 5.41) is 14.2. The first-order chi connectivity index (χ1) is 12.8. The van der Waals surface area contributed by atoms with Gasteiger partial charge in [0.2, 0.25) is 5.88 Å². The van der Waals surface area contributed by atoms with E-state index in [9.17, 15) is 23.1 Å². The van der Waals surface area contributed by atoms with Crippen molar-refractivity contribution in [2.24, 2.45) is 0 Å². The molecule has 0 saturated carbocycles. The van der Waals surface area contributed by atoms with E-state index in [4.69, 9.17) is 0 Å². The summed E-state index contributed by atoms with van der Waals surface area (Å²) >= 11 is 0. The molecule has 1 N–H and O–H groups in total. The minimum absolute atomic E-state index is 0.0838. The molecule has 3 rings (SSSR count). The highest BCUT2D eigenvalue weighted by molar-refractivity contribution is 6.01. The predicted octanol–water partition coefficient (Wildman–Crippen LogP) is 3.08. The molecule has 0 saturated heterocycles. The maximum atomic E-state index is 12.3. The lowest BCUT2D eigenvalue weighted by Gasteiger charge is -2.10. The minimum Gasteiger partial charge on any atom is -0.476 e. The van der Waals surface area contributed by atoms with Crippen molar-refractivity contribution >= 4 is 16.9 Å². The Morgan fingerprint density at radius 3 is 2.67 bits per heavy atom. The Kier molecular flexibility index (Phi) is 4.98. The molecule has 0 aliphatic heterocycles. The molecule has 142 valence electrons. The van der Waals surface area contributed by atoms with Crippen LogP contribution in [-0.4, -0.2) is 43.6 Å². The van der Waals surface area contributed by atoms with Gasteiger partial charge in [-0.3, -0.25) is 4.68 Å². The number of hydrogen-bond acceptors (Lipinski definition) is 5. The van der Waals surface area contributed by atoms with E-state index < -0.39 is 18.8 Å². The Bertz CT molecular complexity index is 985. The zero-order chi connectivity index (χ0) is 19.6. The van der Waals surface area contributed by atoms with E-state index >= 15 is 0 Å². The summed E-state index contributed by atoms with van der Waals surface area (Å²) in [4.78, 5) is 19.1. The molecule has 0 amide bonds. The summed E-state index contributed by atoms with van der Waals surface area (Å²) in [6.07, 6.45) is -1.23. The lowest BCUT2D eigenvalue weighted by Crippen LogP contribution is -2.19. The van der Waals surface area contributed by atoms with Crippen LogP contribution < -0.4 is 4.74 Å². The number of halogens is 3. The van der Waals surface area contributed by atoms with Gasteiger partial charge in [-0.15, -0.1) is 0 Å². The largest absolute Gasteiger partial charge is 0.476 e. The molecule has 0 radical (unpaired) electrons. The van der Waals surface area contributed by atoms with E-state index in [1.165, 1.54) is 18.5 Å². The lowest BCUT2D eigenvalue weighted by atomic mass is 10.1. The third-order valence-corrected chi connectivity index (χ3v) is 3.81. The molecule has 0 aliphatic carbocycles. The second kappa shape index (κ2) is 7.22.